The van der Waals surface area contributed by atoms with Crippen molar-refractivity contribution in [3.05, 3.63) is 39.5 Å². The van der Waals surface area contributed by atoms with Crippen LogP contribution in [0.5, 0.6) is 0 Å². The number of hydrogen-bond acceptors (Lipinski definition) is 5. The zero-order valence-electron chi connectivity index (χ0n) is 13.0. The molecule has 0 unspecified atom stereocenters. The van der Waals surface area contributed by atoms with Crippen molar-refractivity contribution in [2.24, 2.45) is 7.05 Å². The minimum Gasteiger partial charge on any atom is -0.334 e. The monoisotopic (exact) mass is 306 g/mol. The lowest BCUT2D eigenvalue weighted by Gasteiger charge is -2.16. The highest BCUT2D eigenvalue weighted by Crippen LogP contribution is 2.23. The summed E-state index contributed by atoms with van der Waals surface area (Å²) >= 11 is 0. The van der Waals surface area contributed by atoms with E-state index in [1.54, 1.807) is 31.9 Å². The van der Waals surface area contributed by atoms with Gasteiger partial charge in [0.1, 0.15) is 5.69 Å². The Morgan fingerprint density at radius 2 is 2.18 bits per heavy atom. The summed E-state index contributed by atoms with van der Waals surface area (Å²) in [5, 5.41) is 19.3. The predicted molar refractivity (Wildman–Crippen MR) is 78.3 cm³/mol. The van der Waals surface area contributed by atoms with Crippen molar-refractivity contribution in [2.75, 3.05) is 7.05 Å². The number of nitrogens with zero attached hydrogens (tertiary/aromatic N) is 6. The normalized spacial score (nSPS) is 10.7. The molecule has 0 saturated carbocycles. The fourth-order valence-corrected chi connectivity index (χ4v) is 2.23. The van der Waals surface area contributed by atoms with Gasteiger partial charge in [-0.1, -0.05) is 0 Å². The van der Waals surface area contributed by atoms with Crippen LogP contribution in [0.15, 0.2) is 12.3 Å². The van der Waals surface area contributed by atoms with E-state index in [0.29, 0.717) is 18.8 Å². The van der Waals surface area contributed by atoms with Crippen molar-refractivity contribution in [3.63, 3.8) is 0 Å². The number of amides is 1. The van der Waals surface area contributed by atoms with Gasteiger partial charge < -0.3 is 4.90 Å². The maximum atomic E-state index is 12.5. The van der Waals surface area contributed by atoms with Gasteiger partial charge in [-0.2, -0.15) is 10.2 Å². The maximum absolute atomic E-state index is 12.5. The van der Waals surface area contributed by atoms with Crippen LogP contribution >= 0.6 is 0 Å². The van der Waals surface area contributed by atoms with Crippen LogP contribution in [-0.4, -0.2) is 42.3 Å². The van der Waals surface area contributed by atoms with E-state index in [1.165, 1.54) is 9.58 Å². The van der Waals surface area contributed by atoms with Crippen molar-refractivity contribution in [1.82, 2.24) is 24.5 Å². The number of nitro groups is 1. The second-order valence-corrected chi connectivity index (χ2v) is 4.96. The minimum absolute atomic E-state index is 0.143. The molecule has 22 heavy (non-hydrogen) atoms. The van der Waals surface area contributed by atoms with E-state index in [-0.39, 0.29) is 11.4 Å². The minimum atomic E-state index is -0.570. The number of rotatable bonds is 5. The van der Waals surface area contributed by atoms with E-state index in [9.17, 15) is 14.9 Å². The summed E-state index contributed by atoms with van der Waals surface area (Å²) in [5.41, 5.74) is 0.812. The second kappa shape index (κ2) is 5.96. The molecule has 0 aliphatic rings. The Labute approximate surface area is 127 Å². The summed E-state index contributed by atoms with van der Waals surface area (Å²) in [6, 6.07) is 1.81. The quantitative estimate of drug-likeness (QED) is 0.609. The molecule has 1 amide bonds. The zero-order chi connectivity index (χ0) is 16.4. The van der Waals surface area contributed by atoms with Gasteiger partial charge in [0.15, 0.2) is 0 Å². The van der Waals surface area contributed by atoms with E-state index in [4.69, 9.17) is 0 Å². The molecule has 0 radical (unpaired) electrons. The van der Waals surface area contributed by atoms with E-state index < -0.39 is 10.8 Å². The van der Waals surface area contributed by atoms with Gasteiger partial charge in [-0.25, -0.2) is 0 Å². The third-order valence-electron chi connectivity index (χ3n) is 3.54. The molecule has 0 spiro atoms. The van der Waals surface area contributed by atoms with Gasteiger partial charge >= 0.3 is 5.69 Å². The van der Waals surface area contributed by atoms with E-state index >= 15 is 0 Å². The van der Waals surface area contributed by atoms with Crippen LogP contribution < -0.4 is 0 Å². The first-order chi connectivity index (χ1) is 10.4. The highest BCUT2D eigenvalue weighted by molar-refractivity contribution is 5.96. The molecule has 2 rings (SSSR count). The highest BCUT2D eigenvalue weighted by atomic mass is 16.6. The third kappa shape index (κ3) is 2.69. The molecular weight excluding hydrogens is 288 g/mol. The zero-order valence-corrected chi connectivity index (χ0v) is 13.0. The highest BCUT2D eigenvalue weighted by Gasteiger charge is 2.30. The Balaban J connectivity index is 2.28. The first kappa shape index (κ1) is 15.7. The molecule has 0 aliphatic carbocycles. The van der Waals surface area contributed by atoms with E-state index in [0.717, 1.165) is 5.69 Å². The molecule has 0 aliphatic heterocycles. The summed E-state index contributed by atoms with van der Waals surface area (Å²) in [6.45, 7) is 4.51. The van der Waals surface area contributed by atoms with Crippen LogP contribution in [0, 0.1) is 17.0 Å². The van der Waals surface area contributed by atoms with Gasteiger partial charge in [0.05, 0.1) is 17.2 Å². The van der Waals surface area contributed by atoms with Crippen molar-refractivity contribution in [2.45, 2.75) is 26.9 Å². The molecule has 0 atom stereocenters. The van der Waals surface area contributed by atoms with Crippen LogP contribution in [0.1, 0.15) is 28.8 Å². The molecular formula is C13H18N6O3. The molecule has 0 N–H and O–H groups in total. The summed E-state index contributed by atoms with van der Waals surface area (Å²) in [5.74, 6) is -0.487. The first-order valence-electron chi connectivity index (χ1n) is 6.81. The van der Waals surface area contributed by atoms with Crippen molar-refractivity contribution < 1.29 is 9.72 Å². The SMILES string of the molecule is CCn1nccc1CN(C)C(=O)c1nn(C)c(C)c1[N+](=O)[O-]. The van der Waals surface area contributed by atoms with Crippen molar-refractivity contribution in [3.8, 4) is 0 Å². The molecule has 2 heterocycles. The molecule has 2 aromatic rings. The fraction of sp³-hybridized carbons (Fsp3) is 0.462. The van der Waals surface area contributed by atoms with Gasteiger partial charge in [0.25, 0.3) is 5.91 Å². The van der Waals surface area contributed by atoms with Crippen molar-refractivity contribution in [1.29, 1.82) is 0 Å². The summed E-state index contributed by atoms with van der Waals surface area (Å²) < 4.78 is 3.11. The van der Waals surface area contributed by atoms with E-state index in [1.807, 2.05) is 13.0 Å². The Hall–Kier alpha value is -2.71. The van der Waals surface area contributed by atoms with Crippen LogP contribution in [0.25, 0.3) is 0 Å². The van der Waals surface area contributed by atoms with Crippen LogP contribution in [-0.2, 0) is 20.1 Å². The lowest BCUT2D eigenvalue weighted by molar-refractivity contribution is -0.385. The van der Waals surface area contributed by atoms with Crippen LogP contribution in [0.4, 0.5) is 5.69 Å². The Morgan fingerprint density at radius 1 is 1.50 bits per heavy atom. The lowest BCUT2D eigenvalue weighted by Crippen LogP contribution is -2.28. The lowest BCUT2D eigenvalue weighted by atomic mass is 10.2. The third-order valence-corrected chi connectivity index (χ3v) is 3.54. The van der Waals surface area contributed by atoms with Gasteiger partial charge in [-0.15, -0.1) is 0 Å². The average molecular weight is 306 g/mol. The first-order valence-corrected chi connectivity index (χ1v) is 6.81. The number of carbonyl (C=O) groups is 1. The van der Waals surface area contributed by atoms with Gasteiger partial charge in [-0.05, 0) is 19.9 Å². The standard InChI is InChI=1S/C13H18N6O3/c1-5-18-10(6-7-14-18)8-16(3)13(20)11-12(19(21)22)9(2)17(4)15-11/h6-7H,5,8H2,1-4H3. The van der Waals surface area contributed by atoms with Gasteiger partial charge in [0, 0.05) is 26.8 Å². The van der Waals surface area contributed by atoms with Crippen LogP contribution in [0.3, 0.4) is 0 Å². The second-order valence-electron chi connectivity index (χ2n) is 4.96. The molecule has 118 valence electrons. The number of aromatic nitrogens is 4. The van der Waals surface area contributed by atoms with Gasteiger partial charge in [0.2, 0.25) is 5.69 Å². The summed E-state index contributed by atoms with van der Waals surface area (Å²) in [7, 11) is 3.16. The molecule has 0 aromatic carbocycles. The number of aryl methyl sites for hydroxylation is 2. The van der Waals surface area contributed by atoms with Gasteiger partial charge in [-0.3, -0.25) is 24.3 Å². The fourth-order valence-electron chi connectivity index (χ4n) is 2.23. The Morgan fingerprint density at radius 3 is 2.77 bits per heavy atom. The predicted octanol–water partition coefficient (Wildman–Crippen LogP) is 1.13. The van der Waals surface area contributed by atoms with Crippen molar-refractivity contribution >= 4 is 11.6 Å². The molecule has 0 bridgehead atoms. The number of carbonyl (C=O) groups excluding carboxylic acids is 1. The number of hydrogen-bond donors (Lipinski definition) is 0. The van der Waals surface area contributed by atoms with E-state index in [2.05, 4.69) is 10.2 Å². The topological polar surface area (TPSA) is 99.1 Å². The van der Waals surface area contributed by atoms with Crippen LogP contribution in [0.2, 0.25) is 0 Å². The average Bonchev–Trinajstić information content (AvgIpc) is 3.03. The smallest absolute Gasteiger partial charge is 0.322 e. The Bertz CT molecular complexity index is 717. The Kier molecular flexibility index (Phi) is 4.25. The molecule has 9 nitrogen and oxygen atoms in total. The molecule has 0 fully saturated rings. The molecule has 9 heteroatoms. The summed E-state index contributed by atoms with van der Waals surface area (Å²) in [4.78, 5) is 24.5. The summed E-state index contributed by atoms with van der Waals surface area (Å²) in [6.07, 6.45) is 1.66. The molecule has 0 saturated heterocycles. The maximum Gasteiger partial charge on any atom is 0.322 e. The molecule has 2 aromatic heterocycles. The largest absolute Gasteiger partial charge is 0.334 e.